The molecule has 0 atom stereocenters. The van der Waals surface area contributed by atoms with Crippen LogP contribution < -0.4 is 5.32 Å². The summed E-state index contributed by atoms with van der Waals surface area (Å²) in [5, 5.41) is 3.48. The molecule has 2 aromatic carbocycles. The number of aryl methyl sites for hydroxylation is 1. The Morgan fingerprint density at radius 1 is 0.955 bits per heavy atom. The van der Waals surface area contributed by atoms with E-state index in [1.165, 1.54) is 27.8 Å². The van der Waals surface area contributed by atoms with Crippen molar-refractivity contribution in [3.63, 3.8) is 0 Å². The molecule has 0 amide bonds. The van der Waals surface area contributed by atoms with E-state index in [1.807, 2.05) is 0 Å². The highest BCUT2D eigenvalue weighted by molar-refractivity contribution is 5.82. The van der Waals surface area contributed by atoms with Gasteiger partial charge in [-0.2, -0.15) is 0 Å². The van der Waals surface area contributed by atoms with Gasteiger partial charge in [0.05, 0.1) is 0 Å². The van der Waals surface area contributed by atoms with Crippen LogP contribution in [0.4, 0.5) is 5.69 Å². The number of fused-ring (bicyclic) bond motifs is 1. The van der Waals surface area contributed by atoms with E-state index < -0.39 is 0 Å². The van der Waals surface area contributed by atoms with Crippen molar-refractivity contribution in [1.29, 1.82) is 0 Å². The summed E-state index contributed by atoms with van der Waals surface area (Å²) in [6, 6.07) is 16.9. The highest BCUT2D eigenvalue weighted by Gasteiger charge is 2.11. The first-order chi connectivity index (χ1) is 10.7. The molecule has 0 fully saturated rings. The van der Waals surface area contributed by atoms with Crippen LogP contribution in [0.3, 0.4) is 0 Å². The van der Waals surface area contributed by atoms with Crippen LogP contribution in [-0.4, -0.2) is 0 Å². The molecule has 0 unspecified atom stereocenters. The maximum absolute atomic E-state index is 4.24. The number of anilines is 1. The Labute approximate surface area is 132 Å². The van der Waals surface area contributed by atoms with Crippen molar-refractivity contribution in [2.75, 3.05) is 5.32 Å². The largest absolute Gasteiger partial charge is 0.356 e. The summed E-state index contributed by atoms with van der Waals surface area (Å²) < 4.78 is 0. The normalized spacial score (nSPS) is 19.5. The van der Waals surface area contributed by atoms with E-state index in [2.05, 4.69) is 86.4 Å². The second kappa shape index (κ2) is 6.07. The van der Waals surface area contributed by atoms with Crippen molar-refractivity contribution in [2.45, 2.75) is 20.3 Å². The van der Waals surface area contributed by atoms with Crippen LogP contribution in [0, 0.1) is 6.92 Å². The van der Waals surface area contributed by atoms with E-state index in [-0.39, 0.29) is 0 Å². The maximum Gasteiger partial charge on any atom is 0.0419 e. The summed E-state index contributed by atoms with van der Waals surface area (Å²) >= 11 is 0. The van der Waals surface area contributed by atoms with Gasteiger partial charge in [0.1, 0.15) is 0 Å². The Balaban J connectivity index is 2.10. The molecule has 0 saturated carbocycles. The predicted octanol–water partition coefficient (Wildman–Crippen LogP) is 5.51. The molecule has 1 aliphatic rings. The zero-order chi connectivity index (χ0) is 15.5. The fourth-order valence-corrected chi connectivity index (χ4v) is 2.83. The van der Waals surface area contributed by atoms with Gasteiger partial charge in [-0.25, -0.2) is 0 Å². The van der Waals surface area contributed by atoms with Crippen LogP contribution in [0.15, 0.2) is 78.5 Å². The smallest absolute Gasteiger partial charge is 0.0419 e. The third-order valence-electron chi connectivity index (χ3n) is 4.22. The minimum atomic E-state index is 0.916. The first-order valence-corrected chi connectivity index (χ1v) is 7.64. The highest BCUT2D eigenvalue weighted by Crippen LogP contribution is 2.30. The SMILES string of the molecule is C=C1Nc2ccccc2C/C=C\C(c2ccccc2C)=C/1C. The molecule has 0 bridgehead atoms. The van der Waals surface area contributed by atoms with Crippen LogP contribution in [0.25, 0.3) is 5.57 Å². The number of para-hydroxylation sites is 1. The molecule has 1 N–H and O–H groups in total. The molecule has 0 aromatic heterocycles. The highest BCUT2D eigenvalue weighted by atomic mass is 14.9. The molecule has 1 heteroatoms. The average Bonchev–Trinajstić information content (AvgIpc) is 2.58. The molecule has 1 aliphatic heterocycles. The lowest BCUT2D eigenvalue weighted by Crippen LogP contribution is -2.03. The molecule has 2 aromatic rings. The van der Waals surface area contributed by atoms with Crippen molar-refractivity contribution in [1.82, 2.24) is 0 Å². The molecular formula is C21H21N. The van der Waals surface area contributed by atoms with Crippen molar-refractivity contribution in [3.8, 4) is 0 Å². The fraction of sp³-hybridized carbons (Fsp3) is 0.143. The average molecular weight is 287 g/mol. The summed E-state index contributed by atoms with van der Waals surface area (Å²) in [6.07, 6.45) is 5.39. The first-order valence-electron chi connectivity index (χ1n) is 7.64. The van der Waals surface area contributed by atoms with Crippen LogP contribution in [0.2, 0.25) is 0 Å². The summed E-state index contributed by atoms with van der Waals surface area (Å²) in [5.74, 6) is 0. The number of allylic oxidation sites excluding steroid dienone is 4. The molecule has 3 rings (SSSR count). The van der Waals surface area contributed by atoms with Gasteiger partial charge in [-0.1, -0.05) is 61.2 Å². The fourth-order valence-electron chi connectivity index (χ4n) is 2.83. The molecule has 0 saturated heterocycles. The van der Waals surface area contributed by atoms with Gasteiger partial charge in [0.25, 0.3) is 0 Å². The Kier molecular flexibility index (Phi) is 3.97. The van der Waals surface area contributed by atoms with Gasteiger partial charge in [-0.3, -0.25) is 0 Å². The van der Waals surface area contributed by atoms with Gasteiger partial charge >= 0.3 is 0 Å². The molecular weight excluding hydrogens is 266 g/mol. The predicted molar refractivity (Wildman–Crippen MR) is 95.8 cm³/mol. The van der Waals surface area contributed by atoms with Crippen LogP contribution in [0.5, 0.6) is 0 Å². The van der Waals surface area contributed by atoms with E-state index in [4.69, 9.17) is 0 Å². The zero-order valence-corrected chi connectivity index (χ0v) is 13.2. The first kappa shape index (κ1) is 14.4. The van der Waals surface area contributed by atoms with E-state index in [9.17, 15) is 0 Å². The number of benzene rings is 2. The summed E-state index contributed by atoms with van der Waals surface area (Å²) in [5.41, 5.74) is 8.36. The Morgan fingerprint density at radius 2 is 1.68 bits per heavy atom. The van der Waals surface area contributed by atoms with E-state index >= 15 is 0 Å². The molecule has 0 spiro atoms. The topological polar surface area (TPSA) is 12.0 Å². The van der Waals surface area contributed by atoms with E-state index in [1.54, 1.807) is 0 Å². The van der Waals surface area contributed by atoms with Gasteiger partial charge in [0, 0.05) is 11.4 Å². The van der Waals surface area contributed by atoms with Crippen molar-refractivity contribution < 1.29 is 0 Å². The van der Waals surface area contributed by atoms with Gasteiger partial charge in [0.15, 0.2) is 0 Å². The Bertz CT molecular complexity index is 778. The van der Waals surface area contributed by atoms with Crippen LogP contribution in [0.1, 0.15) is 23.6 Å². The van der Waals surface area contributed by atoms with Crippen molar-refractivity contribution >= 4 is 11.3 Å². The molecule has 22 heavy (non-hydrogen) atoms. The third-order valence-corrected chi connectivity index (χ3v) is 4.22. The third kappa shape index (κ3) is 2.75. The van der Waals surface area contributed by atoms with Gasteiger partial charge in [-0.05, 0) is 54.2 Å². The Hall–Kier alpha value is -2.54. The summed E-state index contributed by atoms with van der Waals surface area (Å²) in [4.78, 5) is 0. The van der Waals surface area contributed by atoms with Gasteiger partial charge in [0.2, 0.25) is 0 Å². The maximum atomic E-state index is 4.24. The Morgan fingerprint density at radius 3 is 2.50 bits per heavy atom. The van der Waals surface area contributed by atoms with Crippen molar-refractivity contribution in [3.05, 3.63) is 95.2 Å². The summed E-state index contributed by atoms with van der Waals surface area (Å²) in [7, 11) is 0. The van der Waals surface area contributed by atoms with E-state index in [0.717, 1.165) is 17.8 Å². The minimum absolute atomic E-state index is 0.916. The minimum Gasteiger partial charge on any atom is -0.356 e. The van der Waals surface area contributed by atoms with Gasteiger partial charge in [-0.15, -0.1) is 0 Å². The van der Waals surface area contributed by atoms with Crippen LogP contribution in [-0.2, 0) is 6.42 Å². The molecule has 1 heterocycles. The standard InChI is InChI=1S/C21H21N/c1-15-9-4-6-12-19(15)20-13-8-11-18-10-5-7-14-21(18)22-17(3)16(20)2/h4-10,12-14,22H,3,11H2,1-2H3/b13-8-,20-16+. The molecule has 0 aliphatic carbocycles. The second-order valence-corrected chi connectivity index (χ2v) is 5.72. The van der Waals surface area contributed by atoms with Gasteiger partial charge < -0.3 is 5.32 Å². The molecule has 110 valence electrons. The number of rotatable bonds is 1. The zero-order valence-electron chi connectivity index (χ0n) is 13.2. The number of nitrogens with one attached hydrogen (secondary N) is 1. The van der Waals surface area contributed by atoms with Crippen LogP contribution >= 0.6 is 0 Å². The lowest BCUT2D eigenvalue weighted by atomic mass is 9.95. The lowest BCUT2D eigenvalue weighted by molar-refractivity contribution is 1.26. The second-order valence-electron chi connectivity index (χ2n) is 5.72. The molecule has 0 radical (unpaired) electrons. The van der Waals surface area contributed by atoms with Crippen molar-refractivity contribution in [2.24, 2.45) is 0 Å². The summed E-state index contributed by atoms with van der Waals surface area (Å²) in [6.45, 7) is 8.53. The monoisotopic (exact) mass is 287 g/mol. The number of hydrogen-bond acceptors (Lipinski definition) is 1. The lowest BCUT2D eigenvalue weighted by Gasteiger charge is -2.16. The molecule has 1 nitrogen and oxygen atoms in total. The number of hydrogen-bond donors (Lipinski definition) is 1. The quantitative estimate of drug-likeness (QED) is 0.729. The van der Waals surface area contributed by atoms with E-state index in [0.29, 0.717) is 0 Å².